The summed E-state index contributed by atoms with van der Waals surface area (Å²) < 4.78 is 35.9. The van der Waals surface area contributed by atoms with Gasteiger partial charge in [0.25, 0.3) is 0 Å². The molecule has 0 saturated heterocycles. The van der Waals surface area contributed by atoms with Gasteiger partial charge in [-0.1, -0.05) is 42.5 Å². The lowest BCUT2D eigenvalue weighted by atomic mass is 10.1. The molecule has 0 saturated carbocycles. The van der Waals surface area contributed by atoms with Gasteiger partial charge in [0, 0.05) is 14.2 Å². The van der Waals surface area contributed by atoms with Gasteiger partial charge in [0.2, 0.25) is 0 Å². The van der Waals surface area contributed by atoms with Crippen molar-refractivity contribution in [2.75, 3.05) is 25.7 Å². The van der Waals surface area contributed by atoms with Gasteiger partial charge in [0.1, 0.15) is 0 Å². The van der Waals surface area contributed by atoms with E-state index in [0.29, 0.717) is 4.90 Å². The molecule has 0 heterocycles. The Labute approximate surface area is 174 Å². The Morgan fingerprint density at radius 1 is 0.893 bits per heavy atom. The molecule has 2 aromatic rings. The third kappa shape index (κ3) is 7.37. The Bertz CT molecular complexity index is 804. The van der Waals surface area contributed by atoms with Crippen molar-refractivity contribution in [2.45, 2.75) is 36.1 Å². The Morgan fingerprint density at radius 2 is 1.50 bits per heavy atom. The molecule has 154 valence electrons. The van der Waals surface area contributed by atoms with Crippen LogP contribution in [0.25, 0.3) is 0 Å². The van der Waals surface area contributed by atoms with Crippen LogP contribution in [0, 0.1) is 0 Å². The second kappa shape index (κ2) is 11.2. The van der Waals surface area contributed by atoms with Crippen LogP contribution in [0.5, 0.6) is 0 Å². The predicted molar refractivity (Wildman–Crippen MR) is 120 cm³/mol. The van der Waals surface area contributed by atoms with E-state index in [1.54, 1.807) is 38.5 Å². The number of hydrogen-bond donors (Lipinski definition) is 0. The maximum absolute atomic E-state index is 12.5. The van der Waals surface area contributed by atoms with Gasteiger partial charge >= 0.3 is 8.56 Å². The molecule has 2 rings (SSSR count). The van der Waals surface area contributed by atoms with Crippen LogP contribution in [0.4, 0.5) is 0 Å². The van der Waals surface area contributed by atoms with Gasteiger partial charge in [-0.05, 0) is 60.2 Å². The monoisotopic (exact) mass is 438 g/mol. The molecule has 0 aromatic heterocycles. The van der Waals surface area contributed by atoms with Gasteiger partial charge in [-0.3, -0.25) is 0 Å². The quantitative estimate of drug-likeness (QED) is 0.355. The molecule has 28 heavy (non-hydrogen) atoms. The Balaban J connectivity index is 1.74. The van der Waals surface area contributed by atoms with Crippen LogP contribution in [0.15, 0.2) is 59.5 Å². The van der Waals surface area contributed by atoms with Crippen LogP contribution in [0.1, 0.15) is 17.5 Å². The summed E-state index contributed by atoms with van der Waals surface area (Å²) in [5, 5.41) is 0. The van der Waals surface area contributed by atoms with Crippen LogP contribution in [-0.2, 0) is 30.9 Å². The van der Waals surface area contributed by atoms with Gasteiger partial charge in [0.15, 0.2) is 9.84 Å². The van der Waals surface area contributed by atoms with Crippen molar-refractivity contribution in [1.82, 2.24) is 0 Å². The van der Waals surface area contributed by atoms with E-state index in [9.17, 15) is 8.42 Å². The SMILES string of the molecule is CO[Si](C)(CCCSCCc1ccc(CS(=O)(=O)c2ccccc2)cc1)OC. The van der Waals surface area contributed by atoms with Crippen molar-refractivity contribution in [2.24, 2.45) is 0 Å². The lowest BCUT2D eigenvalue weighted by Crippen LogP contribution is -2.35. The van der Waals surface area contributed by atoms with E-state index in [-0.39, 0.29) is 5.75 Å². The van der Waals surface area contributed by atoms with Crippen LogP contribution in [0.3, 0.4) is 0 Å². The van der Waals surface area contributed by atoms with Crippen molar-refractivity contribution in [1.29, 1.82) is 0 Å². The number of aryl methyl sites for hydroxylation is 1. The van der Waals surface area contributed by atoms with Crippen molar-refractivity contribution >= 4 is 30.2 Å². The molecule has 0 fully saturated rings. The predicted octanol–water partition coefficient (Wildman–Crippen LogP) is 4.69. The highest BCUT2D eigenvalue weighted by Gasteiger charge is 2.27. The molecule has 0 unspecified atom stereocenters. The molecular weight excluding hydrogens is 408 g/mol. The molecule has 0 bridgehead atoms. The Morgan fingerprint density at radius 3 is 2.11 bits per heavy atom. The van der Waals surface area contributed by atoms with Gasteiger partial charge in [-0.25, -0.2) is 8.42 Å². The summed E-state index contributed by atoms with van der Waals surface area (Å²) in [6.07, 6.45) is 2.09. The Kier molecular flexibility index (Phi) is 9.23. The molecule has 0 atom stereocenters. The average molecular weight is 439 g/mol. The summed E-state index contributed by atoms with van der Waals surface area (Å²) in [7, 11) is -1.76. The lowest BCUT2D eigenvalue weighted by Gasteiger charge is -2.22. The molecule has 0 aliphatic rings. The summed E-state index contributed by atoms with van der Waals surface area (Å²) in [6.45, 7) is 2.09. The van der Waals surface area contributed by atoms with Crippen LogP contribution < -0.4 is 0 Å². The third-order valence-electron chi connectivity index (χ3n) is 4.80. The molecule has 2 aromatic carbocycles. The van der Waals surface area contributed by atoms with Crippen LogP contribution in [0.2, 0.25) is 12.6 Å². The molecule has 0 radical (unpaired) electrons. The summed E-state index contributed by atoms with van der Waals surface area (Å²) in [6, 6.07) is 17.5. The van der Waals surface area contributed by atoms with Crippen molar-refractivity contribution in [3.63, 3.8) is 0 Å². The summed E-state index contributed by atoms with van der Waals surface area (Å²) in [5.74, 6) is 2.19. The molecule has 0 N–H and O–H groups in total. The van der Waals surface area contributed by atoms with Gasteiger partial charge < -0.3 is 8.85 Å². The lowest BCUT2D eigenvalue weighted by molar-refractivity contribution is 0.249. The maximum atomic E-state index is 12.5. The summed E-state index contributed by atoms with van der Waals surface area (Å²) in [5.41, 5.74) is 2.06. The number of thioether (sulfide) groups is 1. The van der Waals surface area contributed by atoms with Crippen molar-refractivity contribution < 1.29 is 17.3 Å². The van der Waals surface area contributed by atoms with E-state index >= 15 is 0 Å². The van der Waals surface area contributed by atoms with Crippen molar-refractivity contribution in [3.8, 4) is 0 Å². The number of rotatable bonds is 12. The second-order valence-corrected chi connectivity index (χ2v) is 13.7. The highest BCUT2D eigenvalue weighted by molar-refractivity contribution is 7.99. The van der Waals surface area contributed by atoms with Crippen LogP contribution >= 0.6 is 11.8 Å². The second-order valence-electron chi connectivity index (χ2n) is 6.90. The maximum Gasteiger partial charge on any atom is 0.334 e. The number of sulfone groups is 1. The van der Waals surface area contributed by atoms with Gasteiger partial charge in [-0.15, -0.1) is 0 Å². The first-order valence-corrected chi connectivity index (χ1v) is 14.8. The zero-order valence-corrected chi connectivity index (χ0v) is 19.5. The minimum atomic E-state index is -3.29. The standard InChI is InChI=1S/C21H30O4S2Si/c1-24-28(3,25-2)17-7-15-26-16-14-19-10-12-20(13-11-19)18-27(22,23)21-8-5-4-6-9-21/h4-6,8-13H,7,14-18H2,1-3H3. The van der Waals surface area contributed by atoms with E-state index in [1.807, 2.05) is 42.1 Å². The van der Waals surface area contributed by atoms with Crippen molar-refractivity contribution in [3.05, 3.63) is 65.7 Å². The largest absolute Gasteiger partial charge is 0.398 e. The van der Waals surface area contributed by atoms with Gasteiger partial charge in [-0.2, -0.15) is 11.8 Å². The molecule has 0 aliphatic carbocycles. The first-order valence-electron chi connectivity index (χ1n) is 9.42. The van der Waals surface area contributed by atoms with Gasteiger partial charge in [0.05, 0.1) is 10.6 Å². The van der Waals surface area contributed by atoms with E-state index in [0.717, 1.165) is 36.0 Å². The molecule has 0 aliphatic heterocycles. The number of benzene rings is 2. The normalized spacial score (nSPS) is 12.2. The Hall–Kier alpha value is -1.12. The number of hydrogen-bond acceptors (Lipinski definition) is 5. The van der Waals surface area contributed by atoms with E-state index < -0.39 is 18.4 Å². The fraction of sp³-hybridized carbons (Fsp3) is 0.429. The molecule has 0 amide bonds. The summed E-state index contributed by atoms with van der Waals surface area (Å²) in [4.78, 5) is 0.372. The van der Waals surface area contributed by atoms with E-state index in [2.05, 4.69) is 6.55 Å². The van der Waals surface area contributed by atoms with Crippen LogP contribution in [-0.4, -0.2) is 42.7 Å². The van der Waals surface area contributed by atoms with E-state index in [4.69, 9.17) is 8.85 Å². The first kappa shape index (κ1) is 23.2. The minimum Gasteiger partial charge on any atom is -0.398 e. The molecule has 7 heteroatoms. The summed E-state index contributed by atoms with van der Waals surface area (Å²) >= 11 is 1.94. The molecule has 4 nitrogen and oxygen atoms in total. The fourth-order valence-corrected chi connectivity index (χ4v) is 6.76. The topological polar surface area (TPSA) is 52.6 Å². The minimum absolute atomic E-state index is 0.0354. The third-order valence-corrected chi connectivity index (χ3v) is 10.6. The highest BCUT2D eigenvalue weighted by Crippen LogP contribution is 2.19. The first-order chi connectivity index (χ1) is 13.4. The molecule has 0 spiro atoms. The smallest absolute Gasteiger partial charge is 0.334 e. The fourth-order valence-electron chi connectivity index (χ4n) is 2.81. The highest BCUT2D eigenvalue weighted by atomic mass is 32.2. The molecular formula is C21H30O4S2Si. The average Bonchev–Trinajstić information content (AvgIpc) is 2.72. The zero-order chi connectivity index (χ0) is 20.5. The zero-order valence-electron chi connectivity index (χ0n) is 16.9. The van der Waals surface area contributed by atoms with E-state index in [1.165, 1.54) is 5.56 Å².